The molecule has 3 heterocycles. The number of thioether (sulfide) groups is 1. The highest BCUT2D eigenvalue weighted by Crippen LogP contribution is 2.28. The van der Waals surface area contributed by atoms with Gasteiger partial charge in [-0.1, -0.05) is 83.5 Å². The van der Waals surface area contributed by atoms with Crippen molar-refractivity contribution in [2.75, 3.05) is 25.4 Å². The molecule has 0 bridgehead atoms. The lowest BCUT2D eigenvalue weighted by Crippen LogP contribution is -2.55. The Balaban J connectivity index is 1.06. The van der Waals surface area contributed by atoms with Crippen LogP contribution in [0.15, 0.2) is 78.0 Å². The highest BCUT2D eigenvalue weighted by Gasteiger charge is 2.30. The number of aryl methyl sites for hydroxylation is 1. The number of nitrogens with zero attached hydrogens (tertiary/aromatic N) is 6. The van der Waals surface area contributed by atoms with Crippen LogP contribution in [0.25, 0.3) is 22.1 Å². The van der Waals surface area contributed by atoms with Crippen molar-refractivity contribution in [3.05, 3.63) is 94.5 Å². The first-order valence-corrected chi connectivity index (χ1v) is 15.9. The Morgan fingerprint density at radius 2 is 1.81 bits per heavy atom. The van der Waals surface area contributed by atoms with E-state index >= 15 is 0 Å². The molecule has 1 unspecified atom stereocenters. The van der Waals surface area contributed by atoms with E-state index in [4.69, 9.17) is 16.6 Å². The SMILES string of the molecule is Cc1cccc(Cn2c3ccccc3c3nnc(SCCCC(=O)N4CCN(C(=O)c5ccccc5Cl)C(C)C4)nc32)c1. The average molecular weight is 613 g/mol. The molecule has 0 N–H and O–H groups in total. The van der Waals surface area contributed by atoms with Crippen LogP contribution in [-0.4, -0.2) is 72.8 Å². The van der Waals surface area contributed by atoms with Crippen molar-refractivity contribution in [2.45, 2.75) is 44.4 Å². The van der Waals surface area contributed by atoms with Gasteiger partial charge in [-0.05, 0) is 44.0 Å². The van der Waals surface area contributed by atoms with Gasteiger partial charge in [-0.2, -0.15) is 0 Å². The second kappa shape index (κ2) is 12.7. The molecule has 43 heavy (non-hydrogen) atoms. The topological polar surface area (TPSA) is 84.2 Å². The third kappa shape index (κ3) is 6.24. The summed E-state index contributed by atoms with van der Waals surface area (Å²) in [5, 5.41) is 11.1. The van der Waals surface area contributed by atoms with Gasteiger partial charge in [-0.3, -0.25) is 9.59 Å². The molecular formula is C33H33ClN6O2S. The number of carbonyl (C=O) groups is 2. The van der Waals surface area contributed by atoms with Crippen LogP contribution in [0.4, 0.5) is 0 Å². The van der Waals surface area contributed by atoms with Crippen molar-refractivity contribution >= 4 is 57.2 Å². The zero-order valence-corrected chi connectivity index (χ0v) is 25.8. The van der Waals surface area contributed by atoms with Crippen LogP contribution in [0, 0.1) is 6.92 Å². The van der Waals surface area contributed by atoms with Gasteiger partial charge in [0.15, 0.2) is 5.65 Å². The molecule has 1 aliphatic rings. The zero-order chi connectivity index (χ0) is 29.9. The summed E-state index contributed by atoms with van der Waals surface area (Å²) in [6.45, 7) is 6.28. The Bertz CT molecular complexity index is 1810. The summed E-state index contributed by atoms with van der Waals surface area (Å²) in [5.41, 5.74) is 5.62. The molecule has 8 nitrogen and oxygen atoms in total. The van der Waals surface area contributed by atoms with Crippen LogP contribution in [0.1, 0.15) is 41.3 Å². The highest BCUT2D eigenvalue weighted by molar-refractivity contribution is 7.99. The molecule has 6 rings (SSSR count). The van der Waals surface area contributed by atoms with Crippen molar-refractivity contribution in [1.29, 1.82) is 0 Å². The summed E-state index contributed by atoms with van der Waals surface area (Å²) in [5.74, 6) is 0.715. The molecule has 3 aromatic carbocycles. The van der Waals surface area contributed by atoms with Crippen LogP contribution in [0.5, 0.6) is 0 Å². The first-order valence-electron chi connectivity index (χ1n) is 14.5. The number of piperazine rings is 1. The molecule has 5 aromatic rings. The highest BCUT2D eigenvalue weighted by atomic mass is 35.5. The van der Waals surface area contributed by atoms with Crippen molar-refractivity contribution in [3.63, 3.8) is 0 Å². The number of hydrogen-bond donors (Lipinski definition) is 0. The molecule has 1 saturated heterocycles. The van der Waals surface area contributed by atoms with Gasteiger partial charge >= 0.3 is 0 Å². The van der Waals surface area contributed by atoms with Crippen molar-refractivity contribution in [2.24, 2.45) is 0 Å². The molecule has 0 saturated carbocycles. The molecule has 220 valence electrons. The van der Waals surface area contributed by atoms with E-state index in [-0.39, 0.29) is 17.9 Å². The summed E-state index contributed by atoms with van der Waals surface area (Å²) in [4.78, 5) is 34.6. The Morgan fingerprint density at radius 1 is 1.00 bits per heavy atom. The molecule has 0 aliphatic carbocycles. The molecule has 2 amide bonds. The van der Waals surface area contributed by atoms with Gasteiger partial charge in [-0.25, -0.2) is 4.98 Å². The van der Waals surface area contributed by atoms with Crippen LogP contribution < -0.4 is 0 Å². The summed E-state index contributed by atoms with van der Waals surface area (Å²) in [7, 11) is 0. The van der Waals surface area contributed by atoms with Gasteiger partial charge in [-0.15, -0.1) is 10.2 Å². The Hall–Kier alpha value is -3.95. The standard InChI is InChI=1S/C33H33ClN6O2S/c1-22-9-7-10-24(19-22)21-40-28-14-6-4-12-26(28)30-31(40)35-33(37-36-30)43-18-8-15-29(41)38-16-17-39(23(2)20-38)32(42)25-11-3-5-13-27(25)34/h3-7,9-14,19,23H,8,15-18,20-21H2,1-2H3. The smallest absolute Gasteiger partial charge is 0.255 e. The fraction of sp³-hybridized carbons (Fsp3) is 0.303. The third-order valence-electron chi connectivity index (χ3n) is 7.89. The van der Waals surface area contributed by atoms with Gasteiger partial charge in [0.1, 0.15) is 5.52 Å². The monoisotopic (exact) mass is 612 g/mol. The van der Waals surface area contributed by atoms with E-state index in [1.807, 2.05) is 36.1 Å². The fourth-order valence-corrected chi connectivity index (χ4v) is 6.66. The lowest BCUT2D eigenvalue weighted by molar-refractivity contribution is -0.133. The number of hydrogen-bond acceptors (Lipinski definition) is 6. The number of rotatable bonds is 8. The first kappa shape index (κ1) is 29.1. The molecule has 2 aromatic heterocycles. The van der Waals surface area contributed by atoms with E-state index < -0.39 is 0 Å². The summed E-state index contributed by atoms with van der Waals surface area (Å²) < 4.78 is 2.21. The van der Waals surface area contributed by atoms with Crippen LogP contribution in [-0.2, 0) is 11.3 Å². The Labute approximate surface area is 260 Å². The van der Waals surface area contributed by atoms with Crippen molar-refractivity contribution < 1.29 is 9.59 Å². The zero-order valence-electron chi connectivity index (χ0n) is 24.2. The lowest BCUT2D eigenvalue weighted by Gasteiger charge is -2.40. The predicted molar refractivity (Wildman–Crippen MR) is 172 cm³/mol. The summed E-state index contributed by atoms with van der Waals surface area (Å²) in [6, 6.07) is 23.7. The van der Waals surface area contributed by atoms with Gasteiger partial charge < -0.3 is 14.4 Å². The van der Waals surface area contributed by atoms with Crippen LogP contribution >= 0.6 is 23.4 Å². The summed E-state index contributed by atoms with van der Waals surface area (Å²) in [6.07, 6.45) is 1.13. The van der Waals surface area contributed by atoms with E-state index in [1.165, 1.54) is 22.9 Å². The third-order valence-corrected chi connectivity index (χ3v) is 9.14. The molecule has 0 radical (unpaired) electrons. The minimum absolute atomic E-state index is 0.0893. The quantitative estimate of drug-likeness (QED) is 0.152. The second-order valence-electron chi connectivity index (χ2n) is 11.0. The normalized spacial score (nSPS) is 15.4. The van der Waals surface area contributed by atoms with Crippen LogP contribution in [0.2, 0.25) is 5.02 Å². The lowest BCUT2D eigenvalue weighted by atomic mass is 10.1. The average Bonchev–Trinajstić information content (AvgIpc) is 3.31. The van der Waals surface area contributed by atoms with E-state index in [9.17, 15) is 9.59 Å². The molecule has 0 spiro atoms. The van der Waals surface area contributed by atoms with Gasteiger partial charge in [0.2, 0.25) is 11.1 Å². The number of fused-ring (bicyclic) bond motifs is 3. The number of benzene rings is 3. The maximum Gasteiger partial charge on any atom is 0.255 e. The molecular weight excluding hydrogens is 580 g/mol. The molecule has 1 aliphatic heterocycles. The Morgan fingerprint density at radius 3 is 2.63 bits per heavy atom. The first-order chi connectivity index (χ1) is 20.9. The van der Waals surface area contributed by atoms with Gasteiger partial charge in [0.25, 0.3) is 5.91 Å². The summed E-state index contributed by atoms with van der Waals surface area (Å²) >= 11 is 7.77. The van der Waals surface area contributed by atoms with E-state index in [0.29, 0.717) is 60.5 Å². The maximum atomic E-state index is 13.0. The largest absolute Gasteiger partial charge is 0.339 e. The minimum atomic E-state index is -0.0925. The Kier molecular flexibility index (Phi) is 8.63. The number of aromatic nitrogens is 4. The number of amides is 2. The second-order valence-corrected chi connectivity index (χ2v) is 12.4. The van der Waals surface area contributed by atoms with E-state index in [2.05, 4.69) is 58.1 Å². The molecule has 1 atom stereocenters. The maximum absolute atomic E-state index is 13.0. The van der Waals surface area contributed by atoms with E-state index in [1.54, 1.807) is 17.0 Å². The van der Waals surface area contributed by atoms with Crippen molar-refractivity contribution in [3.8, 4) is 0 Å². The number of carbonyl (C=O) groups excluding carboxylic acids is 2. The van der Waals surface area contributed by atoms with E-state index in [0.717, 1.165) is 22.1 Å². The minimum Gasteiger partial charge on any atom is -0.339 e. The number of halogens is 1. The molecule has 1 fully saturated rings. The fourth-order valence-electron chi connectivity index (χ4n) is 5.72. The van der Waals surface area contributed by atoms with Gasteiger partial charge in [0.05, 0.1) is 16.1 Å². The van der Waals surface area contributed by atoms with Crippen LogP contribution in [0.3, 0.4) is 0 Å². The van der Waals surface area contributed by atoms with Gasteiger partial charge in [0, 0.05) is 49.8 Å². The molecule has 10 heteroatoms. The number of para-hydroxylation sites is 1. The van der Waals surface area contributed by atoms with Crippen molar-refractivity contribution in [1.82, 2.24) is 29.5 Å². The predicted octanol–water partition coefficient (Wildman–Crippen LogP) is 6.24.